The standard InChI is InChI=1S/C24H33N3O6S/c1-2-3-14-33-24-19(8-7-12-25-24)18-26-23(28)9-5-4-6-13-27-34(29,30)20-10-11-21-22(17-20)32-16-15-31-21/h7-8,10-12,17,27H,2-6,9,13-16,18H2,1H3,(H,26,28). The van der Waals surface area contributed by atoms with Crippen molar-refractivity contribution >= 4 is 15.9 Å². The number of nitrogens with one attached hydrogen (secondary N) is 2. The molecule has 2 heterocycles. The number of fused-ring (bicyclic) bond motifs is 1. The lowest BCUT2D eigenvalue weighted by Gasteiger charge is -2.18. The highest BCUT2D eigenvalue weighted by Crippen LogP contribution is 2.32. The van der Waals surface area contributed by atoms with Crippen molar-refractivity contribution in [1.29, 1.82) is 0 Å². The quantitative estimate of drug-likeness (QED) is 0.390. The van der Waals surface area contributed by atoms with Crippen LogP contribution in [0.4, 0.5) is 0 Å². The minimum atomic E-state index is -3.63. The van der Waals surface area contributed by atoms with Crippen molar-refractivity contribution in [3.63, 3.8) is 0 Å². The average molecular weight is 492 g/mol. The fraction of sp³-hybridized carbons (Fsp3) is 0.500. The number of aromatic nitrogens is 1. The third kappa shape index (κ3) is 7.88. The van der Waals surface area contributed by atoms with Gasteiger partial charge in [-0.25, -0.2) is 18.1 Å². The van der Waals surface area contributed by atoms with Gasteiger partial charge in [-0.05, 0) is 37.5 Å². The number of amides is 1. The molecular formula is C24H33N3O6S. The van der Waals surface area contributed by atoms with E-state index in [1.54, 1.807) is 12.3 Å². The molecule has 2 aromatic rings. The van der Waals surface area contributed by atoms with Crippen molar-refractivity contribution in [3.05, 3.63) is 42.1 Å². The Hall–Kier alpha value is -2.85. The first-order valence-electron chi connectivity index (χ1n) is 11.7. The molecule has 34 heavy (non-hydrogen) atoms. The second-order valence-corrected chi connectivity index (χ2v) is 9.73. The maximum atomic E-state index is 12.5. The Morgan fingerprint density at radius 1 is 1.09 bits per heavy atom. The molecule has 3 rings (SSSR count). The normalized spacial score (nSPS) is 12.9. The lowest BCUT2D eigenvalue weighted by Crippen LogP contribution is -2.25. The summed E-state index contributed by atoms with van der Waals surface area (Å²) in [5.74, 6) is 1.49. The first-order valence-corrected chi connectivity index (χ1v) is 13.2. The average Bonchev–Trinajstić information content (AvgIpc) is 2.85. The van der Waals surface area contributed by atoms with Crippen molar-refractivity contribution in [2.75, 3.05) is 26.4 Å². The minimum Gasteiger partial charge on any atom is -0.486 e. The van der Waals surface area contributed by atoms with Crippen LogP contribution in [0.15, 0.2) is 41.4 Å². The molecule has 186 valence electrons. The molecule has 10 heteroatoms. The molecule has 0 unspecified atom stereocenters. The van der Waals surface area contributed by atoms with Gasteiger partial charge in [0.1, 0.15) is 13.2 Å². The third-order valence-electron chi connectivity index (χ3n) is 5.26. The summed E-state index contributed by atoms with van der Waals surface area (Å²) < 4.78 is 44.2. The van der Waals surface area contributed by atoms with Gasteiger partial charge < -0.3 is 19.5 Å². The molecule has 9 nitrogen and oxygen atoms in total. The van der Waals surface area contributed by atoms with E-state index in [1.165, 1.54) is 12.1 Å². The summed E-state index contributed by atoms with van der Waals surface area (Å²) in [7, 11) is -3.63. The molecule has 1 aromatic carbocycles. The third-order valence-corrected chi connectivity index (χ3v) is 6.72. The van der Waals surface area contributed by atoms with Crippen LogP contribution >= 0.6 is 0 Å². The van der Waals surface area contributed by atoms with Crippen LogP contribution in [-0.2, 0) is 21.4 Å². The second kappa shape index (κ2) is 13.1. The van der Waals surface area contributed by atoms with Crippen molar-refractivity contribution in [2.24, 2.45) is 0 Å². The van der Waals surface area contributed by atoms with Crippen molar-refractivity contribution in [1.82, 2.24) is 15.0 Å². The molecule has 1 aliphatic rings. The van der Waals surface area contributed by atoms with Crippen LogP contribution in [0.3, 0.4) is 0 Å². The van der Waals surface area contributed by atoms with Crippen LogP contribution < -0.4 is 24.2 Å². The van der Waals surface area contributed by atoms with E-state index in [2.05, 4.69) is 21.9 Å². The number of ether oxygens (including phenoxy) is 3. The van der Waals surface area contributed by atoms with E-state index in [-0.39, 0.29) is 10.8 Å². The van der Waals surface area contributed by atoms with Crippen LogP contribution in [0.1, 0.15) is 51.0 Å². The number of unbranched alkanes of at least 4 members (excludes halogenated alkanes) is 3. The van der Waals surface area contributed by atoms with Gasteiger partial charge in [0.25, 0.3) is 0 Å². The lowest BCUT2D eigenvalue weighted by molar-refractivity contribution is -0.121. The predicted octanol–water partition coefficient (Wildman–Crippen LogP) is 3.19. The first-order chi connectivity index (χ1) is 16.5. The van der Waals surface area contributed by atoms with E-state index in [1.807, 2.05) is 12.1 Å². The Kier molecular flexibility index (Phi) is 9.96. The molecule has 0 aliphatic carbocycles. The highest BCUT2D eigenvalue weighted by Gasteiger charge is 2.19. The summed E-state index contributed by atoms with van der Waals surface area (Å²) in [5, 5.41) is 2.90. The van der Waals surface area contributed by atoms with Gasteiger partial charge in [-0.2, -0.15) is 0 Å². The maximum absolute atomic E-state index is 12.5. The van der Waals surface area contributed by atoms with Crippen molar-refractivity contribution in [2.45, 2.75) is 56.9 Å². The Morgan fingerprint density at radius 3 is 2.74 bits per heavy atom. The van der Waals surface area contributed by atoms with Gasteiger partial charge in [0, 0.05) is 37.3 Å². The van der Waals surface area contributed by atoms with E-state index in [0.29, 0.717) is 69.6 Å². The number of pyridine rings is 1. The number of carbonyl (C=O) groups excluding carboxylic acids is 1. The largest absolute Gasteiger partial charge is 0.486 e. The van der Waals surface area contributed by atoms with Gasteiger partial charge in [0.2, 0.25) is 21.8 Å². The fourth-order valence-electron chi connectivity index (χ4n) is 3.35. The number of hydrogen-bond acceptors (Lipinski definition) is 7. The molecule has 0 saturated carbocycles. The van der Waals surface area contributed by atoms with Crippen LogP contribution in [0.2, 0.25) is 0 Å². The summed E-state index contributed by atoms with van der Waals surface area (Å²) in [4.78, 5) is 16.6. The highest BCUT2D eigenvalue weighted by molar-refractivity contribution is 7.89. The maximum Gasteiger partial charge on any atom is 0.240 e. The highest BCUT2D eigenvalue weighted by atomic mass is 32.2. The molecule has 0 atom stereocenters. The molecule has 2 N–H and O–H groups in total. The second-order valence-electron chi connectivity index (χ2n) is 7.96. The van der Waals surface area contributed by atoms with Crippen LogP contribution in [0.25, 0.3) is 0 Å². The van der Waals surface area contributed by atoms with Crippen LogP contribution in [0.5, 0.6) is 17.4 Å². The van der Waals surface area contributed by atoms with Gasteiger partial charge in [0.15, 0.2) is 11.5 Å². The van der Waals surface area contributed by atoms with E-state index in [0.717, 1.165) is 24.8 Å². The van der Waals surface area contributed by atoms with Crippen LogP contribution in [-0.4, -0.2) is 45.7 Å². The Morgan fingerprint density at radius 2 is 1.91 bits per heavy atom. The number of nitrogens with zero attached hydrogens (tertiary/aromatic N) is 1. The zero-order chi connectivity index (χ0) is 24.2. The zero-order valence-electron chi connectivity index (χ0n) is 19.5. The molecule has 0 saturated heterocycles. The lowest BCUT2D eigenvalue weighted by atomic mass is 10.2. The van der Waals surface area contributed by atoms with E-state index in [4.69, 9.17) is 14.2 Å². The molecule has 0 spiro atoms. The number of hydrogen-bond donors (Lipinski definition) is 2. The molecule has 1 amide bonds. The minimum absolute atomic E-state index is 0.0554. The topological polar surface area (TPSA) is 116 Å². The summed E-state index contributed by atoms with van der Waals surface area (Å²) in [6.45, 7) is 4.21. The summed E-state index contributed by atoms with van der Waals surface area (Å²) in [5.41, 5.74) is 0.848. The van der Waals surface area contributed by atoms with Crippen molar-refractivity contribution < 1.29 is 27.4 Å². The number of sulfonamides is 1. The predicted molar refractivity (Wildman–Crippen MR) is 128 cm³/mol. The van der Waals surface area contributed by atoms with Gasteiger partial charge in [-0.1, -0.05) is 25.8 Å². The van der Waals surface area contributed by atoms with E-state index in [9.17, 15) is 13.2 Å². The number of benzene rings is 1. The summed E-state index contributed by atoms with van der Waals surface area (Å²) in [6.07, 6.45) is 6.08. The fourth-order valence-corrected chi connectivity index (χ4v) is 4.44. The van der Waals surface area contributed by atoms with Gasteiger partial charge >= 0.3 is 0 Å². The molecule has 0 bridgehead atoms. The van der Waals surface area contributed by atoms with Gasteiger partial charge in [-0.3, -0.25) is 4.79 Å². The molecule has 0 radical (unpaired) electrons. The summed E-state index contributed by atoms with van der Waals surface area (Å²) in [6, 6.07) is 8.29. The monoisotopic (exact) mass is 491 g/mol. The van der Waals surface area contributed by atoms with Gasteiger partial charge in [0.05, 0.1) is 11.5 Å². The van der Waals surface area contributed by atoms with Gasteiger partial charge in [-0.15, -0.1) is 0 Å². The number of carbonyl (C=O) groups is 1. The molecular weight excluding hydrogens is 458 g/mol. The SMILES string of the molecule is CCCCOc1ncccc1CNC(=O)CCCCCNS(=O)(=O)c1ccc2c(c1)OCCO2. The zero-order valence-corrected chi connectivity index (χ0v) is 20.4. The molecule has 0 fully saturated rings. The van der Waals surface area contributed by atoms with Crippen LogP contribution in [0, 0.1) is 0 Å². The summed E-state index contributed by atoms with van der Waals surface area (Å²) >= 11 is 0. The molecule has 1 aliphatic heterocycles. The number of rotatable bonds is 14. The Labute approximate surface area is 201 Å². The first kappa shape index (κ1) is 25.8. The molecule has 1 aromatic heterocycles. The van der Waals surface area contributed by atoms with E-state index >= 15 is 0 Å². The smallest absolute Gasteiger partial charge is 0.240 e. The Balaban J connectivity index is 1.33. The van der Waals surface area contributed by atoms with Crippen molar-refractivity contribution in [3.8, 4) is 17.4 Å². The Bertz CT molecular complexity index is 1040. The van der Waals surface area contributed by atoms with E-state index < -0.39 is 10.0 Å².